The number of nitrogens with zero attached hydrogens (tertiary/aromatic N) is 1. The molecular formula is C24H30FN3O5S. The van der Waals surface area contributed by atoms with Crippen molar-refractivity contribution in [2.24, 2.45) is 5.92 Å². The van der Waals surface area contributed by atoms with Gasteiger partial charge in [-0.3, -0.25) is 4.79 Å². The van der Waals surface area contributed by atoms with E-state index in [2.05, 4.69) is 10.6 Å². The van der Waals surface area contributed by atoms with E-state index < -0.39 is 27.9 Å². The maximum atomic E-state index is 13.9. The monoisotopic (exact) mass is 491 g/mol. The Labute approximate surface area is 199 Å². The first-order valence-electron chi connectivity index (χ1n) is 11.2. The third-order valence-electron chi connectivity index (χ3n) is 5.98. The second kappa shape index (κ2) is 11.0. The molecule has 1 saturated heterocycles. The van der Waals surface area contributed by atoms with Crippen LogP contribution in [0.15, 0.2) is 47.4 Å². The van der Waals surface area contributed by atoms with Gasteiger partial charge in [-0.1, -0.05) is 19.1 Å². The SMILES string of the molecule is CC[C@H](NC(=O)Nc1ccc(S(=O)(=O)N2CCCC(C(=O)OC)C2)cc1)c1ccc(C)c(F)c1. The van der Waals surface area contributed by atoms with Gasteiger partial charge in [-0.05, 0) is 67.6 Å². The molecule has 0 aliphatic carbocycles. The van der Waals surface area contributed by atoms with Crippen LogP contribution in [0, 0.1) is 18.7 Å². The summed E-state index contributed by atoms with van der Waals surface area (Å²) in [5.41, 5.74) is 1.60. The van der Waals surface area contributed by atoms with E-state index >= 15 is 0 Å². The minimum atomic E-state index is -3.79. The second-order valence-corrected chi connectivity index (χ2v) is 10.3. The lowest BCUT2D eigenvalue weighted by molar-refractivity contribution is -0.146. The second-order valence-electron chi connectivity index (χ2n) is 8.32. The van der Waals surface area contributed by atoms with Crippen LogP contribution in [0.5, 0.6) is 0 Å². The maximum absolute atomic E-state index is 13.9. The minimum Gasteiger partial charge on any atom is -0.469 e. The van der Waals surface area contributed by atoms with Crippen molar-refractivity contribution in [3.05, 3.63) is 59.4 Å². The molecule has 0 spiro atoms. The number of nitrogens with one attached hydrogen (secondary N) is 2. The lowest BCUT2D eigenvalue weighted by Gasteiger charge is -2.30. The largest absolute Gasteiger partial charge is 0.469 e. The number of urea groups is 1. The van der Waals surface area contributed by atoms with Crippen molar-refractivity contribution in [1.29, 1.82) is 0 Å². The highest BCUT2D eigenvalue weighted by atomic mass is 32.2. The maximum Gasteiger partial charge on any atom is 0.319 e. The highest BCUT2D eigenvalue weighted by molar-refractivity contribution is 7.89. The number of sulfonamides is 1. The fourth-order valence-corrected chi connectivity index (χ4v) is 5.48. The minimum absolute atomic E-state index is 0.0746. The Morgan fingerprint density at radius 3 is 2.53 bits per heavy atom. The smallest absolute Gasteiger partial charge is 0.319 e. The molecule has 0 bridgehead atoms. The summed E-state index contributed by atoms with van der Waals surface area (Å²) in [7, 11) is -2.50. The molecule has 2 N–H and O–H groups in total. The van der Waals surface area contributed by atoms with Crippen LogP contribution >= 0.6 is 0 Å². The predicted molar refractivity (Wildman–Crippen MR) is 126 cm³/mol. The van der Waals surface area contributed by atoms with E-state index in [4.69, 9.17) is 4.74 Å². The summed E-state index contributed by atoms with van der Waals surface area (Å²) in [5.74, 6) is -1.22. The molecule has 0 saturated carbocycles. The van der Waals surface area contributed by atoms with Crippen molar-refractivity contribution in [3.8, 4) is 0 Å². The van der Waals surface area contributed by atoms with Crippen LogP contribution in [0.1, 0.15) is 43.4 Å². The van der Waals surface area contributed by atoms with Gasteiger partial charge in [0.25, 0.3) is 0 Å². The molecule has 1 fully saturated rings. The first-order valence-corrected chi connectivity index (χ1v) is 12.6. The topological polar surface area (TPSA) is 105 Å². The summed E-state index contributed by atoms with van der Waals surface area (Å²) in [4.78, 5) is 24.4. The molecule has 1 aliphatic heterocycles. The van der Waals surface area contributed by atoms with Crippen molar-refractivity contribution in [2.45, 2.75) is 44.0 Å². The number of methoxy groups -OCH3 is 1. The Morgan fingerprint density at radius 2 is 1.91 bits per heavy atom. The van der Waals surface area contributed by atoms with E-state index in [0.29, 0.717) is 42.6 Å². The zero-order valence-electron chi connectivity index (χ0n) is 19.5. The molecule has 1 unspecified atom stereocenters. The molecule has 2 atom stereocenters. The number of carbonyl (C=O) groups excluding carboxylic acids is 2. The standard InChI is InChI=1S/C24H30FN3O5S/c1-4-22(17-8-7-16(2)21(25)14-17)27-24(30)26-19-9-11-20(12-10-19)34(31,32)28-13-5-6-18(15-28)23(29)33-3/h7-12,14,18,22H,4-6,13,15H2,1-3H3,(H2,26,27,30)/t18?,22-/m0/s1. The number of esters is 1. The van der Waals surface area contributed by atoms with Gasteiger partial charge in [-0.25, -0.2) is 17.6 Å². The number of hydrogen-bond donors (Lipinski definition) is 2. The highest BCUT2D eigenvalue weighted by Gasteiger charge is 2.33. The molecule has 1 heterocycles. The van der Waals surface area contributed by atoms with E-state index in [0.717, 1.165) is 0 Å². The summed E-state index contributed by atoms with van der Waals surface area (Å²) >= 11 is 0. The lowest BCUT2D eigenvalue weighted by Crippen LogP contribution is -2.42. The van der Waals surface area contributed by atoms with Crippen molar-refractivity contribution in [3.63, 3.8) is 0 Å². The number of amides is 2. The Bertz CT molecular complexity index is 1140. The van der Waals surface area contributed by atoms with Gasteiger partial charge in [-0.2, -0.15) is 4.31 Å². The van der Waals surface area contributed by atoms with E-state index in [1.165, 1.54) is 41.7 Å². The normalized spacial score (nSPS) is 17.6. The van der Waals surface area contributed by atoms with Gasteiger partial charge in [-0.15, -0.1) is 0 Å². The summed E-state index contributed by atoms with van der Waals surface area (Å²) in [6.07, 6.45) is 1.72. The Balaban J connectivity index is 1.65. The predicted octanol–water partition coefficient (Wildman–Crippen LogP) is 3.98. The number of carbonyl (C=O) groups is 2. The molecule has 2 amide bonds. The Morgan fingerprint density at radius 1 is 1.21 bits per heavy atom. The van der Waals surface area contributed by atoms with Gasteiger partial charge in [0.1, 0.15) is 5.82 Å². The average Bonchev–Trinajstić information content (AvgIpc) is 2.84. The molecule has 1 aliphatic rings. The van der Waals surface area contributed by atoms with Gasteiger partial charge in [0, 0.05) is 18.8 Å². The lowest BCUT2D eigenvalue weighted by atomic mass is 10.0. The van der Waals surface area contributed by atoms with Crippen molar-refractivity contribution < 1.29 is 27.1 Å². The third kappa shape index (κ3) is 5.92. The van der Waals surface area contributed by atoms with Crippen LogP contribution in [-0.2, 0) is 19.6 Å². The molecule has 10 heteroatoms. The number of aryl methyl sites for hydroxylation is 1. The van der Waals surface area contributed by atoms with Crippen molar-refractivity contribution >= 4 is 27.7 Å². The number of halogens is 1. The summed E-state index contributed by atoms with van der Waals surface area (Å²) in [6.45, 7) is 3.96. The molecular weight excluding hydrogens is 461 g/mol. The van der Waals surface area contributed by atoms with Crippen LogP contribution in [0.2, 0.25) is 0 Å². The molecule has 2 aromatic rings. The molecule has 0 radical (unpaired) electrons. The van der Waals surface area contributed by atoms with Gasteiger partial charge in [0.15, 0.2) is 0 Å². The quantitative estimate of drug-likeness (QED) is 0.570. The zero-order chi connectivity index (χ0) is 24.9. The zero-order valence-corrected chi connectivity index (χ0v) is 20.3. The average molecular weight is 492 g/mol. The van der Waals surface area contributed by atoms with Crippen LogP contribution < -0.4 is 10.6 Å². The van der Waals surface area contributed by atoms with Gasteiger partial charge >= 0.3 is 12.0 Å². The highest BCUT2D eigenvalue weighted by Crippen LogP contribution is 2.25. The number of benzene rings is 2. The molecule has 184 valence electrons. The summed E-state index contributed by atoms with van der Waals surface area (Å²) in [5, 5.41) is 5.49. The first kappa shape index (κ1) is 25.6. The van der Waals surface area contributed by atoms with E-state index in [1.54, 1.807) is 19.1 Å². The van der Waals surface area contributed by atoms with Crippen LogP contribution in [-0.4, -0.2) is 44.9 Å². The number of hydrogen-bond acceptors (Lipinski definition) is 5. The van der Waals surface area contributed by atoms with Crippen LogP contribution in [0.3, 0.4) is 0 Å². The third-order valence-corrected chi connectivity index (χ3v) is 7.86. The summed E-state index contributed by atoms with van der Waals surface area (Å²) < 4.78 is 46.0. The molecule has 2 aromatic carbocycles. The number of anilines is 1. The first-order chi connectivity index (χ1) is 16.1. The molecule has 34 heavy (non-hydrogen) atoms. The summed E-state index contributed by atoms with van der Waals surface area (Å²) in [6, 6.07) is 9.83. The number of rotatable bonds is 7. The van der Waals surface area contributed by atoms with Crippen LogP contribution in [0.25, 0.3) is 0 Å². The van der Waals surface area contributed by atoms with Crippen LogP contribution in [0.4, 0.5) is 14.9 Å². The number of ether oxygens (including phenoxy) is 1. The van der Waals surface area contributed by atoms with E-state index in [-0.39, 0.29) is 23.3 Å². The fraction of sp³-hybridized carbons (Fsp3) is 0.417. The van der Waals surface area contributed by atoms with Gasteiger partial charge in [0.05, 0.1) is 24.0 Å². The van der Waals surface area contributed by atoms with Crippen molar-refractivity contribution in [2.75, 3.05) is 25.5 Å². The van der Waals surface area contributed by atoms with Gasteiger partial charge < -0.3 is 15.4 Å². The Hall–Kier alpha value is -2.98. The van der Waals surface area contributed by atoms with E-state index in [9.17, 15) is 22.4 Å². The molecule has 3 rings (SSSR count). The Kier molecular flexibility index (Phi) is 8.27. The van der Waals surface area contributed by atoms with E-state index in [1.807, 2.05) is 6.92 Å². The van der Waals surface area contributed by atoms with Crippen molar-refractivity contribution in [1.82, 2.24) is 9.62 Å². The fourth-order valence-electron chi connectivity index (χ4n) is 3.95. The van der Waals surface area contributed by atoms with Gasteiger partial charge in [0.2, 0.25) is 10.0 Å². The number of piperidine rings is 1. The molecule has 8 nitrogen and oxygen atoms in total. The molecule has 0 aromatic heterocycles.